The maximum Gasteiger partial charge on any atom is 0.240 e. The molecule has 1 spiro atoms. The number of likely N-dealkylation sites (tertiary alicyclic amines) is 2. The zero-order valence-electron chi connectivity index (χ0n) is 11.9. The summed E-state index contributed by atoms with van der Waals surface area (Å²) < 4.78 is 11.6. The van der Waals surface area contributed by atoms with E-state index in [1.807, 2.05) is 4.90 Å². The molecule has 3 saturated heterocycles. The fraction of sp³-hybridized carbons (Fsp3) is 0.929. The highest BCUT2D eigenvalue weighted by Crippen LogP contribution is 2.33. The predicted octanol–water partition coefficient (Wildman–Crippen LogP) is 0.835. The summed E-state index contributed by atoms with van der Waals surface area (Å²) in [6.45, 7) is 8.15. The number of rotatable bonds is 2. The predicted molar refractivity (Wildman–Crippen MR) is 70.7 cm³/mol. The van der Waals surface area contributed by atoms with Crippen molar-refractivity contribution in [2.75, 3.05) is 32.8 Å². The van der Waals surface area contributed by atoms with Gasteiger partial charge in [-0.15, -0.1) is 0 Å². The van der Waals surface area contributed by atoms with Crippen molar-refractivity contribution in [2.24, 2.45) is 0 Å². The van der Waals surface area contributed by atoms with Gasteiger partial charge in [-0.05, 0) is 33.2 Å². The molecule has 5 heteroatoms. The van der Waals surface area contributed by atoms with E-state index in [4.69, 9.17) is 9.47 Å². The summed E-state index contributed by atoms with van der Waals surface area (Å²) in [4.78, 5) is 16.7. The zero-order valence-corrected chi connectivity index (χ0v) is 11.9. The van der Waals surface area contributed by atoms with Crippen LogP contribution in [0.4, 0.5) is 0 Å². The minimum Gasteiger partial charge on any atom is -0.346 e. The molecule has 3 heterocycles. The summed E-state index contributed by atoms with van der Waals surface area (Å²) in [5, 5.41) is 0. The highest BCUT2D eigenvalue weighted by molar-refractivity contribution is 5.84. The second-order valence-electron chi connectivity index (χ2n) is 6.11. The van der Waals surface area contributed by atoms with E-state index in [1.165, 1.54) is 0 Å². The molecule has 5 nitrogen and oxygen atoms in total. The van der Waals surface area contributed by atoms with Crippen LogP contribution in [0.15, 0.2) is 0 Å². The number of carbonyl (C=O) groups is 1. The lowest BCUT2D eigenvalue weighted by Crippen LogP contribution is -2.54. The van der Waals surface area contributed by atoms with E-state index in [2.05, 4.69) is 18.7 Å². The minimum absolute atomic E-state index is 0.0346. The van der Waals surface area contributed by atoms with Gasteiger partial charge in [-0.2, -0.15) is 0 Å². The number of amides is 1. The third kappa shape index (κ3) is 2.39. The molecule has 0 saturated carbocycles. The van der Waals surface area contributed by atoms with Crippen LogP contribution in [0.1, 0.15) is 33.1 Å². The molecule has 0 aromatic carbocycles. The van der Waals surface area contributed by atoms with Crippen LogP contribution in [0.5, 0.6) is 0 Å². The van der Waals surface area contributed by atoms with Gasteiger partial charge in [0.05, 0.1) is 25.8 Å². The van der Waals surface area contributed by atoms with Gasteiger partial charge < -0.3 is 14.4 Å². The molecular formula is C14H24N2O3. The average molecular weight is 268 g/mol. The van der Waals surface area contributed by atoms with Crippen molar-refractivity contribution in [3.8, 4) is 0 Å². The second-order valence-corrected chi connectivity index (χ2v) is 6.11. The summed E-state index contributed by atoms with van der Waals surface area (Å²) in [7, 11) is 0. The monoisotopic (exact) mass is 268 g/mol. The lowest BCUT2D eigenvalue weighted by atomic mass is 10.0. The van der Waals surface area contributed by atoms with E-state index in [-0.39, 0.29) is 11.9 Å². The smallest absolute Gasteiger partial charge is 0.240 e. The van der Waals surface area contributed by atoms with Crippen molar-refractivity contribution < 1.29 is 14.3 Å². The maximum atomic E-state index is 12.5. The molecule has 1 atom stereocenters. The van der Waals surface area contributed by atoms with Gasteiger partial charge in [0.15, 0.2) is 5.79 Å². The van der Waals surface area contributed by atoms with Gasteiger partial charge >= 0.3 is 0 Å². The minimum atomic E-state index is -0.427. The van der Waals surface area contributed by atoms with Gasteiger partial charge in [0.2, 0.25) is 5.91 Å². The zero-order chi connectivity index (χ0) is 13.5. The standard InChI is InChI=1S/C14H24N2O3/c1-11(2)16-7-4-12(13(16)17)15-6-3-5-14(10-15)18-8-9-19-14/h11-12H,3-10H2,1-2H3/t12-/m0/s1. The molecule has 0 aliphatic carbocycles. The Kier molecular flexibility index (Phi) is 3.53. The van der Waals surface area contributed by atoms with Gasteiger partial charge in [0, 0.05) is 19.0 Å². The molecule has 1 amide bonds. The molecule has 3 aliphatic rings. The van der Waals surface area contributed by atoms with Crippen molar-refractivity contribution in [1.82, 2.24) is 9.80 Å². The maximum absolute atomic E-state index is 12.5. The summed E-state index contributed by atoms with van der Waals surface area (Å²) in [6, 6.07) is 0.336. The molecule has 3 fully saturated rings. The van der Waals surface area contributed by atoms with E-state index in [1.54, 1.807) is 0 Å². The summed E-state index contributed by atoms with van der Waals surface area (Å²) >= 11 is 0. The van der Waals surface area contributed by atoms with Gasteiger partial charge in [-0.1, -0.05) is 0 Å². The first-order chi connectivity index (χ1) is 9.11. The third-order valence-electron chi connectivity index (χ3n) is 4.54. The molecular weight excluding hydrogens is 244 g/mol. The molecule has 3 rings (SSSR count). The quantitative estimate of drug-likeness (QED) is 0.744. The Morgan fingerprint density at radius 1 is 1.26 bits per heavy atom. The van der Waals surface area contributed by atoms with Crippen molar-refractivity contribution in [2.45, 2.75) is 51.0 Å². The van der Waals surface area contributed by atoms with E-state index < -0.39 is 5.79 Å². The van der Waals surface area contributed by atoms with Gasteiger partial charge in [-0.25, -0.2) is 0 Å². The van der Waals surface area contributed by atoms with Crippen molar-refractivity contribution in [3.05, 3.63) is 0 Å². The summed E-state index contributed by atoms with van der Waals surface area (Å²) in [5.41, 5.74) is 0. The van der Waals surface area contributed by atoms with Crippen molar-refractivity contribution >= 4 is 5.91 Å². The Balaban J connectivity index is 1.67. The summed E-state index contributed by atoms with van der Waals surface area (Å²) in [5.74, 6) is -0.144. The molecule has 19 heavy (non-hydrogen) atoms. The molecule has 108 valence electrons. The fourth-order valence-corrected chi connectivity index (χ4v) is 3.56. The number of ether oxygens (including phenoxy) is 2. The Morgan fingerprint density at radius 3 is 2.63 bits per heavy atom. The number of carbonyl (C=O) groups excluding carboxylic acids is 1. The van der Waals surface area contributed by atoms with Crippen LogP contribution in [0, 0.1) is 0 Å². The third-order valence-corrected chi connectivity index (χ3v) is 4.54. The first kappa shape index (κ1) is 13.3. The lowest BCUT2D eigenvalue weighted by molar-refractivity contribution is -0.194. The highest BCUT2D eigenvalue weighted by Gasteiger charge is 2.45. The van der Waals surface area contributed by atoms with E-state index in [0.29, 0.717) is 19.3 Å². The molecule has 3 aliphatic heterocycles. The number of hydrogen-bond donors (Lipinski definition) is 0. The van der Waals surface area contributed by atoms with Gasteiger partial charge in [-0.3, -0.25) is 9.69 Å². The van der Waals surface area contributed by atoms with Crippen LogP contribution >= 0.6 is 0 Å². The first-order valence-electron chi connectivity index (χ1n) is 7.44. The molecule has 0 N–H and O–H groups in total. The lowest BCUT2D eigenvalue weighted by Gasteiger charge is -2.40. The topological polar surface area (TPSA) is 42.0 Å². The van der Waals surface area contributed by atoms with Crippen LogP contribution in [-0.2, 0) is 14.3 Å². The van der Waals surface area contributed by atoms with Crippen molar-refractivity contribution in [3.63, 3.8) is 0 Å². The molecule has 0 aromatic rings. The SMILES string of the molecule is CC(C)N1CC[C@H](N2CCCC3(C2)OCCO3)C1=O. The number of piperidine rings is 1. The van der Waals surface area contributed by atoms with Crippen LogP contribution < -0.4 is 0 Å². The van der Waals surface area contributed by atoms with E-state index >= 15 is 0 Å². The van der Waals surface area contributed by atoms with E-state index in [9.17, 15) is 4.79 Å². The Hall–Kier alpha value is -0.650. The molecule has 0 radical (unpaired) electrons. The van der Waals surface area contributed by atoms with Crippen LogP contribution in [0.3, 0.4) is 0 Å². The normalized spacial score (nSPS) is 31.8. The van der Waals surface area contributed by atoms with Crippen LogP contribution in [0.25, 0.3) is 0 Å². The second kappa shape index (κ2) is 5.04. The summed E-state index contributed by atoms with van der Waals surface area (Å²) in [6.07, 6.45) is 2.94. The van der Waals surface area contributed by atoms with Gasteiger partial charge in [0.25, 0.3) is 0 Å². The molecule has 0 bridgehead atoms. The Bertz CT molecular complexity index is 353. The Labute approximate surface area is 114 Å². The Morgan fingerprint density at radius 2 is 2.00 bits per heavy atom. The molecule has 0 aromatic heterocycles. The number of hydrogen-bond acceptors (Lipinski definition) is 4. The van der Waals surface area contributed by atoms with Gasteiger partial charge in [0.1, 0.15) is 0 Å². The number of nitrogens with zero attached hydrogens (tertiary/aromatic N) is 2. The largest absolute Gasteiger partial charge is 0.346 e. The fourth-order valence-electron chi connectivity index (χ4n) is 3.56. The van der Waals surface area contributed by atoms with Crippen LogP contribution in [-0.4, -0.2) is 66.4 Å². The molecule has 0 unspecified atom stereocenters. The van der Waals surface area contributed by atoms with Crippen molar-refractivity contribution in [1.29, 1.82) is 0 Å². The first-order valence-corrected chi connectivity index (χ1v) is 7.44. The highest BCUT2D eigenvalue weighted by atomic mass is 16.7. The van der Waals surface area contributed by atoms with Crippen LogP contribution in [0.2, 0.25) is 0 Å². The average Bonchev–Trinajstić information content (AvgIpc) is 2.97. The van der Waals surface area contributed by atoms with E-state index in [0.717, 1.165) is 38.9 Å².